The van der Waals surface area contributed by atoms with Gasteiger partial charge in [0.25, 0.3) is 0 Å². The van der Waals surface area contributed by atoms with E-state index in [1.807, 2.05) is 56.6 Å². The number of imidazole rings is 1. The molecule has 8 heteroatoms. The van der Waals surface area contributed by atoms with Gasteiger partial charge in [-0.05, 0) is 44.5 Å². The number of halogens is 1. The molecule has 3 aromatic rings. The van der Waals surface area contributed by atoms with Crippen LogP contribution in [0.5, 0.6) is 11.5 Å². The highest BCUT2D eigenvalue weighted by Crippen LogP contribution is 2.30. The Labute approximate surface area is 194 Å². The van der Waals surface area contributed by atoms with Gasteiger partial charge in [-0.3, -0.25) is 4.99 Å². The fraction of sp³-hybridized carbons (Fsp3) is 0.364. The van der Waals surface area contributed by atoms with Gasteiger partial charge in [-0.15, -0.1) is 24.0 Å². The van der Waals surface area contributed by atoms with Crippen LogP contribution in [0.15, 0.2) is 53.8 Å². The Morgan fingerprint density at radius 2 is 1.97 bits per heavy atom. The minimum atomic E-state index is 0. The van der Waals surface area contributed by atoms with Crippen molar-refractivity contribution < 1.29 is 9.47 Å². The summed E-state index contributed by atoms with van der Waals surface area (Å²) < 4.78 is 13.2. The summed E-state index contributed by atoms with van der Waals surface area (Å²) in [6.07, 6.45) is 2.81. The highest BCUT2D eigenvalue weighted by atomic mass is 127. The number of nitrogens with one attached hydrogen (secondary N) is 2. The van der Waals surface area contributed by atoms with Crippen molar-refractivity contribution in [2.75, 3.05) is 32.1 Å². The average molecular weight is 523 g/mol. The molecular formula is C22H30IN5O2. The Morgan fingerprint density at radius 1 is 1.13 bits per heavy atom. The molecule has 0 spiro atoms. The minimum absolute atomic E-state index is 0. The number of anilines is 1. The second kappa shape index (κ2) is 12.3. The van der Waals surface area contributed by atoms with Crippen LogP contribution in [0.1, 0.15) is 20.3 Å². The van der Waals surface area contributed by atoms with E-state index in [9.17, 15) is 0 Å². The Kier molecular flexibility index (Phi) is 9.72. The molecule has 0 aliphatic heterocycles. The van der Waals surface area contributed by atoms with E-state index in [0.29, 0.717) is 18.9 Å². The van der Waals surface area contributed by atoms with Gasteiger partial charge in [0.1, 0.15) is 0 Å². The summed E-state index contributed by atoms with van der Waals surface area (Å²) in [7, 11) is 1.64. The first kappa shape index (κ1) is 23.8. The predicted octanol–water partition coefficient (Wildman–Crippen LogP) is 4.53. The quantitative estimate of drug-likeness (QED) is 0.187. The van der Waals surface area contributed by atoms with Crippen LogP contribution in [0.3, 0.4) is 0 Å². The van der Waals surface area contributed by atoms with Gasteiger partial charge >= 0.3 is 0 Å². The Morgan fingerprint density at radius 3 is 2.73 bits per heavy atom. The number of aromatic nitrogens is 2. The van der Waals surface area contributed by atoms with Crippen LogP contribution in [0.2, 0.25) is 0 Å². The van der Waals surface area contributed by atoms with Gasteiger partial charge in [-0.25, -0.2) is 4.98 Å². The van der Waals surface area contributed by atoms with Crippen LogP contribution >= 0.6 is 24.0 Å². The molecule has 7 nitrogen and oxygen atoms in total. The van der Waals surface area contributed by atoms with Crippen molar-refractivity contribution in [2.45, 2.75) is 26.8 Å². The van der Waals surface area contributed by atoms with E-state index in [0.717, 1.165) is 47.9 Å². The number of nitrogens with zero attached hydrogens (tertiary/aromatic N) is 3. The second-order valence-corrected chi connectivity index (χ2v) is 6.46. The lowest BCUT2D eigenvalue weighted by molar-refractivity contribution is 0.311. The van der Waals surface area contributed by atoms with Gasteiger partial charge in [0.2, 0.25) is 0 Å². The molecule has 0 radical (unpaired) electrons. The van der Waals surface area contributed by atoms with E-state index in [1.54, 1.807) is 7.11 Å². The zero-order chi connectivity index (χ0) is 20.5. The minimum Gasteiger partial charge on any atom is -0.493 e. The van der Waals surface area contributed by atoms with Crippen LogP contribution in [0, 0.1) is 0 Å². The number of aryl methyl sites for hydroxylation is 1. The van der Waals surface area contributed by atoms with Crippen molar-refractivity contribution in [3.63, 3.8) is 0 Å². The number of rotatable bonds is 9. The van der Waals surface area contributed by atoms with Gasteiger partial charge in [-0.2, -0.15) is 0 Å². The van der Waals surface area contributed by atoms with E-state index >= 15 is 0 Å². The molecule has 0 bridgehead atoms. The summed E-state index contributed by atoms with van der Waals surface area (Å²) in [6, 6.07) is 13.9. The van der Waals surface area contributed by atoms with Crippen LogP contribution in [0.25, 0.3) is 11.0 Å². The number of fused-ring (bicyclic) bond motifs is 1. The lowest BCUT2D eigenvalue weighted by Gasteiger charge is -2.14. The average Bonchev–Trinajstić information content (AvgIpc) is 3.15. The lowest BCUT2D eigenvalue weighted by Crippen LogP contribution is -2.30. The van der Waals surface area contributed by atoms with Crippen molar-refractivity contribution in [3.8, 4) is 11.5 Å². The highest BCUT2D eigenvalue weighted by molar-refractivity contribution is 14.0. The highest BCUT2D eigenvalue weighted by Gasteiger charge is 2.07. The van der Waals surface area contributed by atoms with Crippen molar-refractivity contribution in [2.24, 2.45) is 4.99 Å². The number of guanidine groups is 1. The number of aliphatic imine (C=N–C) groups is 1. The number of hydrogen-bond donors (Lipinski definition) is 2. The molecule has 0 saturated carbocycles. The van der Waals surface area contributed by atoms with Crippen LogP contribution in [-0.4, -0.2) is 42.3 Å². The van der Waals surface area contributed by atoms with E-state index in [2.05, 4.69) is 26.3 Å². The SMILES string of the molecule is CCNC(=NCCCn1cnc2ccccc21)Nc1ccc(OCC)c(OC)c1.I. The maximum absolute atomic E-state index is 5.57. The van der Waals surface area contributed by atoms with E-state index in [-0.39, 0.29) is 24.0 Å². The monoisotopic (exact) mass is 523 g/mol. The summed E-state index contributed by atoms with van der Waals surface area (Å²) in [6.45, 7) is 6.96. The standard InChI is InChI=1S/C22H29N5O2.HI/c1-4-23-22(26-17-11-12-20(29-5-2)21(15-17)28-3)24-13-8-14-27-16-25-18-9-6-7-10-19(18)27;/h6-7,9-12,15-16H,4-5,8,13-14H2,1-3H3,(H2,23,24,26);1H. The summed E-state index contributed by atoms with van der Waals surface area (Å²) >= 11 is 0. The molecule has 2 aromatic carbocycles. The number of benzene rings is 2. The molecule has 1 heterocycles. The van der Waals surface area contributed by atoms with Crippen LogP contribution in [0.4, 0.5) is 5.69 Å². The Bertz CT molecular complexity index is 958. The van der Waals surface area contributed by atoms with Gasteiger partial charge in [0, 0.05) is 31.4 Å². The van der Waals surface area contributed by atoms with Crippen molar-refractivity contribution >= 4 is 46.7 Å². The molecule has 1 aromatic heterocycles. The molecule has 3 rings (SSSR count). The molecule has 0 aliphatic carbocycles. The van der Waals surface area contributed by atoms with Crippen LogP contribution < -0.4 is 20.1 Å². The Balaban J connectivity index is 0.00000320. The molecular weight excluding hydrogens is 493 g/mol. The lowest BCUT2D eigenvalue weighted by atomic mass is 10.2. The fourth-order valence-electron chi connectivity index (χ4n) is 3.08. The third-order valence-electron chi connectivity index (χ3n) is 4.42. The molecule has 30 heavy (non-hydrogen) atoms. The largest absolute Gasteiger partial charge is 0.493 e. The van der Waals surface area contributed by atoms with Crippen molar-refractivity contribution in [1.82, 2.24) is 14.9 Å². The molecule has 0 saturated heterocycles. The van der Waals surface area contributed by atoms with E-state index < -0.39 is 0 Å². The summed E-state index contributed by atoms with van der Waals surface area (Å²) in [5, 5.41) is 6.61. The van der Waals surface area contributed by atoms with E-state index in [4.69, 9.17) is 14.5 Å². The Hall–Kier alpha value is -2.49. The smallest absolute Gasteiger partial charge is 0.195 e. The molecule has 0 amide bonds. The summed E-state index contributed by atoms with van der Waals surface area (Å²) in [5.74, 6) is 2.17. The molecule has 0 fully saturated rings. The van der Waals surface area contributed by atoms with Gasteiger partial charge < -0.3 is 24.7 Å². The third-order valence-corrected chi connectivity index (χ3v) is 4.42. The van der Waals surface area contributed by atoms with Gasteiger partial charge in [0.15, 0.2) is 17.5 Å². The van der Waals surface area contributed by atoms with E-state index in [1.165, 1.54) is 0 Å². The number of methoxy groups -OCH3 is 1. The van der Waals surface area contributed by atoms with Gasteiger partial charge in [-0.1, -0.05) is 12.1 Å². The summed E-state index contributed by atoms with van der Waals surface area (Å²) in [5.41, 5.74) is 3.07. The zero-order valence-corrected chi connectivity index (χ0v) is 20.1. The third kappa shape index (κ3) is 6.25. The molecule has 0 aliphatic rings. The zero-order valence-electron chi connectivity index (χ0n) is 17.7. The second-order valence-electron chi connectivity index (χ2n) is 6.46. The number of ether oxygens (including phenoxy) is 2. The predicted molar refractivity (Wildman–Crippen MR) is 134 cm³/mol. The fourth-order valence-corrected chi connectivity index (χ4v) is 3.08. The van der Waals surface area contributed by atoms with Crippen molar-refractivity contribution in [3.05, 3.63) is 48.8 Å². The molecule has 0 unspecified atom stereocenters. The first-order valence-corrected chi connectivity index (χ1v) is 10.0. The van der Waals surface area contributed by atoms with Gasteiger partial charge in [0.05, 0.1) is 31.1 Å². The number of para-hydroxylation sites is 2. The maximum Gasteiger partial charge on any atom is 0.195 e. The maximum atomic E-state index is 5.57. The normalized spacial score (nSPS) is 11.1. The van der Waals surface area contributed by atoms with Crippen molar-refractivity contribution in [1.29, 1.82) is 0 Å². The first-order valence-electron chi connectivity index (χ1n) is 10.0. The van der Waals surface area contributed by atoms with Crippen LogP contribution in [-0.2, 0) is 6.54 Å². The summed E-state index contributed by atoms with van der Waals surface area (Å²) in [4.78, 5) is 9.13. The number of hydrogen-bond acceptors (Lipinski definition) is 4. The topological polar surface area (TPSA) is 72.7 Å². The molecule has 2 N–H and O–H groups in total. The first-order chi connectivity index (χ1) is 14.2. The molecule has 0 atom stereocenters. The molecule has 162 valence electrons.